The Bertz CT molecular complexity index is 405. The smallest absolute Gasteiger partial charge is 0.224 e. The van der Waals surface area contributed by atoms with Gasteiger partial charge >= 0.3 is 0 Å². The fourth-order valence-electron chi connectivity index (χ4n) is 2.88. The predicted octanol–water partition coefficient (Wildman–Crippen LogP) is -0.386. The number of carbonyl (C=O) groups is 1. The maximum atomic E-state index is 11.8. The van der Waals surface area contributed by atoms with Crippen LogP contribution in [0.3, 0.4) is 0 Å². The van der Waals surface area contributed by atoms with Crippen LogP contribution in [-0.2, 0) is 4.79 Å². The van der Waals surface area contributed by atoms with Crippen LogP contribution in [0.4, 0.5) is 0 Å². The number of aromatic nitrogens is 4. The first-order valence-corrected chi connectivity index (χ1v) is 6.04. The van der Waals surface area contributed by atoms with Crippen molar-refractivity contribution in [3.8, 4) is 0 Å². The monoisotopic (exact) mass is 236 g/mol. The standard InChI is InChI=1S/C10H16N6O/c1-6(10-12-14-15-13-10)11-7-5-9(17)16-4-2-3-8(7)16/h6-8,11H,2-5H2,1H3,(H,12,13,14,15). The number of nitrogens with zero attached hydrogens (tertiary/aromatic N) is 4. The summed E-state index contributed by atoms with van der Waals surface area (Å²) >= 11 is 0. The lowest BCUT2D eigenvalue weighted by molar-refractivity contribution is -0.127. The van der Waals surface area contributed by atoms with Crippen molar-refractivity contribution in [2.45, 2.75) is 44.3 Å². The molecule has 2 fully saturated rings. The highest BCUT2D eigenvalue weighted by atomic mass is 16.2. The molecule has 3 unspecified atom stereocenters. The highest BCUT2D eigenvalue weighted by molar-refractivity contribution is 5.80. The first-order chi connectivity index (χ1) is 8.25. The summed E-state index contributed by atoms with van der Waals surface area (Å²) in [6, 6.07) is 0.599. The zero-order valence-corrected chi connectivity index (χ0v) is 9.76. The van der Waals surface area contributed by atoms with Crippen molar-refractivity contribution in [2.75, 3.05) is 6.54 Å². The molecule has 0 aliphatic carbocycles. The van der Waals surface area contributed by atoms with Gasteiger partial charge in [-0.3, -0.25) is 4.79 Å². The van der Waals surface area contributed by atoms with E-state index in [1.165, 1.54) is 0 Å². The molecular weight excluding hydrogens is 220 g/mol. The summed E-state index contributed by atoms with van der Waals surface area (Å²) in [6.45, 7) is 2.91. The van der Waals surface area contributed by atoms with Crippen molar-refractivity contribution in [1.29, 1.82) is 0 Å². The molecule has 2 saturated heterocycles. The molecule has 3 heterocycles. The summed E-state index contributed by atoms with van der Waals surface area (Å²) < 4.78 is 0. The van der Waals surface area contributed by atoms with Gasteiger partial charge in [0.05, 0.1) is 6.04 Å². The average molecular weight is 236 g/mol. The Morgan fingerprint density at radius 3 is 3.24 bits per heavy atom. The van der Waals surface area contributed by atoms with Crippen LogP contribution >= 0.6 is 0 Å². The molecule has 0 aromatic carbocycles. The fourth-order valence-corrected chi connectivity index (χ4v) is 2.88. The molecular formula is C10H16N6O. The van der Waals surface area contributed by atoms with Crippen LogP contribution in [0.15, 0.2) is 0 Å². The summed E-state index contributed by atoms with van der Waals surface area (Å²) in [5.74, 6) is 0.916. The first kappa shape index (κ1) is 10.6. The van der Waals surface area contributed by atoms with E-state index < -0.39 is 0 Å². The highest BCUT2D eigenvalue weighted by Gasteiger charge is 2.42. The van der Waals surface area contributed by atoms with E-state index in [-0.39, 0.29) is 18.0 Å². The molecule has 17 heavy (non-hydrogen) atoms. The lowest BCUT2D eigenvalue weighted by atomic mass is 10.1. The Kier molecular flexibility index (Phi) is 2.54. The van der Waals surface area contributed by atoms with Crippen molar-refractivity contribution in [1.82, 2.24) is 30.8 Å². The van der Waals surface area contributed by atoms with Gasteiger partial charge in [0.15, 0.2) is 5.82 Å². The minimum atomic E-state index is 0.0205. The number of hydrogen-bond acceptors (Lipinski definition) is 5. The van der Waals surface area contributed by atoms with Crippen LogP contribution < -0.4 is 5.32 Å². The largest absolute Gasteiger partial charge is 0.338 e. The van der Waals surface area contributed by atoms with Gasteiger partial charge in [-0.15, -0.1) is 10.2 Å². The minimum Gasteiger partial charge on any atom is -0.338 e. The summed E-state index contributed by atoms with van der Waals surface area (Å²) in [4.78, 5) is 13.8. The van der Waals surface area contributed by atoms with Crippen molar-refractivity contribution in [2.24, 2.45) is 0 Å². The van der Waals surface area contributed by atoms with E-state index >= 15 is 0 Å². The third-order valence-electron chi connectivity index (χ3n) is 3.69. The van der Waals surface area contributed by atoms with Gasteiger partial charge in [-0.05, 0) is 19.8 Å². The molecule has 0 radical (unpaired) electrons. The second kappa shape index (κ2) is 4.06. The van der Waals surface area contributed by atoms with Gasteiger partial charge in [-0.2, -0.15) is 5.21 Å². The van der Waals surface area contributed by atoms with Crippen LogP contribution in [0.5, 0.6) is 0 Å². The summed E-state index contributed by atoms with van der Waals surface area (Å²) in [6.07, 6.45) is 2.81. The van der Waals surface area contributed by atoms with E-state index in [1.54, 1.807) is 0 Å². The van der Waals surface area contributed by atoms with Gasteiger partial charge in [-0.1, -0.05) is 5.21 Å². The van der Waals surface area contributed by atoms with E-state index in [0.717, 1.165) is 19.4 Å². The molecule has 7 heteroatoms. The number of fused-ring (bicyclic) bond motifs is 1. The van der Waals surface area contributed by atoms with Crippen LogP contribution in [0.1, 0.15) is 38.1 Å². The van der Waals surface area contributed by atoms with Crippen molar-refractivity contribution in [3.63, 3.8) is 0 Å². The minimum absolute atomic E-state index is 0.0205. The fraction of sp³-hybridized carbons (Fsp3) is 0.800. The number of rotatable bonds is 3. The second-order valence-electron chi connectivity index (χ2n) is 4.77. The molecule has 3 atom stereocenters. The Morgan fingerprint density at radius 1 is 1.59 bits per heavy atom. The SMILES string of the molecule is CC(NC1CC(=O)N2CCCC12)c1nn[nH]n1. The summed E-state index contributed by atoms with van der Waals surface area (Å²) in [5, 5.41) is 17.3. The van der Waals surface area contributed by atoms with Crippen LogP contribution in [0.25, 0.3) is 0 Å². The third kappa shape index (κ3) is 1.80. The quantitative estimate of drug-likeness (QED) is 0.746. The van der Waals surface area contributed by atoms with Crippen molar-refractivity contribution >= 4 is 5.91 Å². The molecule has 1 amide bonds. The van der Waals surface area contributed by atoms with E-state index in [2.05, 4.69) is 25.9 Å². The lowest BCUT2D eigenvalue weighted by Gasteiger charge is -2.23. The molecule has 7 nitrogen and oxygen atoms in total. The molecule has 2 N–H and O–H groups in total. The zero-order valence-electron chi connectivity index (χ0n) is 9.76. The summed E-state index contributed by atoms with van der Waals surface area (Å²) in [5.41, 5.74) is 0. The molecule has 0 bridgehead atoms. The number of carbonyl (C=O) groups excluding carboxylic acids is 1. The van der Waals surface area contributed by atoms with E-state index in [1.807, 2.05) is 11.8 Å². The summed E-state index contributed by atoms with van der Waals surface area (Å²) in [7, 11) is 0. The second-order valence-corrected chi connectivity index (χ2v) is 4.77. The molecule has 2 aliphatic heterocycles. The Labute approximate surface area is 98.9 Å². The number of nitrogens with one attached hydrogen (secondary N) is 2. The maximum Gasteiger partial charge on any atom is 0.224 e. The predicted molar refractivity (Wildman–Crippen MR) is 58.9 cm³/mol. The Balaban J connectivity index is 1.68. The van der Waals surface area contributed by atoms with E-state index in [9.17, 15) is 4.79 Å². The number of H-pyrrole nitrogens is 1. The van der Waals surface area contributed by atoms with Gasteiger partial charge in [0.1, 0.15) is 0 Å². The van der Waals surface area contributed by atoms with Gasteiger partial charge in [0.25, 0.3) is 0 Å². The lowest BCUT2D eigenvalue weighted by Crippen LogP contribution is -2.40. The maximum absolute atomic E-state index is 11.8. The topological polar surface area (TPSA) is 86.8 Å². The van der Waals surface area contributed by atoms with Gasteiger partial charge in [0.2, 0.25) is 5.91 Å². The zero-order chi connectivity index (χ0) is 11.8. The highest BCUT2D eigenvalue weighted by Crippen LogP contribution is 2.30. The van der Waals surface area contributed by atoms with Crippen molar-refractivity contribution < 1.29 is 4.79 Å². The van der Waals surface area contributed by atoms with Crippen LogP contribution in [0, 0.1) is 0 Å². The normalized spacial score (nSPS) is 29.7. The molecule has 1 aromatic heterocycles. The molecule has 3 rings (SSSR count). The molecule has 0 spiro atoms. The van der Waals surface area contributed by atoms with E-state index in [4.69, 9.17) is 0 Å². The number of aromatic amines is 1. The third-order valence-corrected chi connectivity index (χ3v) is 3.69. The van der Waals surface area contributed by atoms with Crippen LogP contribution in [0.2, 0.25) is 0 Å². The number of amides is 1. The molecule has 2 aliphatic rings. The van der Waals surface area contributed by atoms with E-state index in [0.29, 0.717) is 18.3 Å². The average Bonchev–Trinajstić information content (AvgIpc) is 3.00. The Hall–Kier alpha value is -1.50. The number of hydrogen-bond donors (Lipinski definition) is 2. The molecule has 92 valence electrons. The van der Waals surface area contributed by atoms with Gasteiger partial charge in [-0.25, -0.2) is 0 Å². The van der Waals surface area contributed by atoms with Gasteiger partial charge < -0.3 is 10.2 Å². The van der Waals surface area contributed by atoms with Crippen LogP contribution in [-0.4, -0.2) is 50.1 Å². The van der Waals surface area contributed by atoms with Gasteiger partial charge in [0, 0.05) is 25.0 Å². The van der Waals surface area contributed by atoms with Crippen molar-refractivity contribution in [3.05, 3.63) is 5.82 Å². The molecule has 1 aromatic rings. The first-order valence-electron chi connectivity index (χ1n) is 6.04. The Morgan fingerprint density at radius 2 is 2.47 bits per heavy atom. The number of tetrazole rings is 1. The molecule has 0 saturated carbocycles.